The van der Waals surface area contributed by atoms with Crippen molar-refractivity contribution in [2.45, 2.75) is 26.4 Å². The van der Waals surface area contributed by atoms with E-state index < -0.39 is 16.5 Å². The summed E-state index contributed by atoms with van der Waals surface area (Å²) in [6.07, 6.45) is -0.149. The quantitative estimate of drug-likeness (QED) is 0.806. The van der Waals surface area contributed by atoms with Gasteiger partial charge in [0.15, 0.2) is 0 Å². The number of hydrogen-bond donors (Lipinski definition) is 1. The zero-order chi connectivity index (χ0) is 11.5. The minimum atomic E-state index is -4.39. The average molecular weight is 230 g/mol. The molecule has 5 heteroatoms. The molecule has 0 heterocycles. The van der Waals surface area contributed by atoms with Crippen molar-refractivity contribution in [1.82, 2.24) is 0 Å². The first-order valence-corrected chi connectivity index (χ1v) is 6.01. The Kier molecular flexibility index (Phi) is 3.84. The molecule has 0 aliphatic heterocycles. The Labute approximate surface area is 89.8 Å². The maximum atomic E-state index is 10.6. The first-order chi connectivity index (χ1) is 6.92. The number of rotatable bonds is 4. The fourth-order valence-corrected chi connectivity index (χ4v) is 1.83. The summed E-state index contributed by atoms with van der Waals surface area (Å²) in [5.41, 5.74) is 1.82. The van der Waals surface area contributed by atoms with Crippen LogP contribution in [0, 0.1) is 6.92 Å². The van der Waals surface area contributed by atoms with Gasteiger partial charge in [-0.05, 0) is 18.9 Å². The van der Waals surface area contributed by atoms with Gasteiger partial charge in [-0.1, -0.05) is 36.8 Å². The third-order valence-electron chi connectivity index (χ3n) is 2.06. The lowest BCUT2D eigenvalue weighted by Crippen LogP contribution is -2.10. The van der Waals surface area contributed by atoms with Crippen LogP contribution in [0.3, 0.4) is 0 Å². The molecule has 0 fully saturated rings. The van der Waals surface area contributed by atoms with E-state index in [2.05, 4.69) is 4.18 Å². The van der Waals surface area contributed by atoms with Crippen molar-refractivity contribution in [2.24, 2.45) is 0 Å². The maximum absolute atomic E-state index is 10.6. The summed E-state index contributed by atoms with van der Waals surface area (Å²) < 4.78 is 34.3. The van der Waals surface area contributed by atoms with E-state index >= 15 is 0 Å². The highest BCUT2D eigenvalue weighted by atomic mass is 32.3. The molecule has 4 nitrogen and oxygen atoms in total. The monoisotopic (exact) mass is 230 g/mol. The summed E-state index contributed by atoms with van der Waals surface area (Å²) >= 11 is 0. The van der Waals surface area contributed by atoms with Gasteiger partial charge < -0.3 is 0 Å². The highest BCUT2D eigenvalue weighted by Gasteiger charge is 2.16. The van der Waals surface area contributed by atoms with Crippen LogP contribution in [0.2, 0.25) is 0 Å². The molecule has 1 N–H and O–H groups in total. The molecular weight excluding hydrogens is 216 g/mol. The predicted molar refractivity (Wildman–Crippen MR) is 56.8 cm³/mol. The van der Waals surface area contributed by atoms with Crippen LogP contribution in [-0.2, 0) is 14.6 Å². The van der Waals surface area contributed by atoms with E-state index in [-0.39, 0.29) is 0 Å². The van der Waals surface area contributed by atoms with Crippen LogP contribution < -0.4 is 0 Å². The Morgan fingerprint density at radius 1 is 1.33 bits per heavy atom. The first-order valence-electron chi connectivity index (χ1n) is 4.64. The average Bonchev–Trinajstić information content (AvgIpc) is 2.14. The SMILES string of the molecule is CCC(OS(=O)(=O)O)c1ccc(C)cc1. The maximum Gasteiger partial charge on any atom is 0.397 e. The standard InChI is InChI=1S/C10H14O4S/c1-3-10(14-15(11,12)13)9-6-4-8(2)5-7-9/h4-7,10H,3H2,1-2H3,(H,11,12,13). The van der Waals surface area contributed by atoms with E-state index in [1.807, 2.05) is 19.1 Å². The van der Waals surface area contributed by atoms with E-state index in [9.17, 15) is 8.42 Å². The van der Waals surface area contributed by atoms with Crippen molar-refractivity contribution < 1.29 is 17.2 Å². The van der Waals surface area contributed by atoms with Gasteiger partial charge >= 0.3 is 10.4 Å². The van der Waals surface area contributed by atoms with Gasteiger partial charge in [-0.3, -0.25) is 4.55 Å². The Morgan fingerprint density at radius 3 is 2.27 bits per heavy atom. The van der Waals surface area contributed by atoms with E-state index in [1.165, 1.54) is 0 Å². The molecule has 0 saturated carbocycles. The second-order valence-electron chi connectivity index (χ2n) is 3.33. The van der Waals surface area contributed by atoms with Gasteiger partial charge in [0, 0.05) is 0 Å². The first kappa shape index (κ1) is 12.2. The molecule has 1 atom stereocenters. The van der Waals surface area contributed by atoms with Crippen LogP contribution in [-0.4, -0.2) is 13.0 Å². The van der Waals surface area contributed by atoms with Gasteiger partial charge in [0.2, 0.25) is 0 Å². The highest BCUT2D eigenvalue weighted by Crippen LogP contribution is 2.22. The molecule has 1 aromatic rings. The Morgan fingerprint density at radius 2 is 1.87 bits per heavy atom. The molecule has 0 aliphatic rings. The summed E-state index contributed by atoms with van der Waals surface area (Å²) in [4.78, 5) is 0. The topological polar surface area (TPSA) is 63.6 Å². The van der Waals surface area contributed by atoms with E-state index in [0.29, 0.717) is 6.42 Å². The molecule has 1 unspecified atom stereocenters. The van der Waals surface area contributed by atoms with Crippen molar-refractivity contribution in [3.63, 3.8) is 0 Å². The molecule has 0 saturated heterocycles. The fraction of sp³-hybridized carbons (Fsp3) is 0.400. The normalized spacial score (nSPS) is 13.8. The molecular formula is C10H14O4S. The van der Waals surface area contributed by atoms with Crippen LogP contribution in [0.25, 0.3) is 0 Å². The third-order valence-corrected chi connectivity index (χ3v) is 2.53. The molecule has 0 aliphatic carbocycles. The lowest BCUT2D eigenvalue weighted by molar-refractivity contribution is 0.180. The largest absolute Gasteiger partial charge is 0.397 e. The van der Waals surface area contributed by atoms with Crippen LogP contribution in [0.5, 0.6) is 0 Å². The lowest BCUT2D eigenvalue weighted by atomic mass is 10.1. The number of benzene rings is 1. The molecule has 15 heavy (non-hydrogen) atoms. The summed E-state index contributed by atoms with van der Waals surface area (Å²) in [6, 6.07) is 7.31. The van der Waals surface area contributed by atoms with E-state index in [0.717, 1.165) is 11.1 Å². The van der Waals surface area contributed by atoms with Crippen molar-refractivity contribution in [2.75, 3.05) is 0 Å². The fourth-order valence-electron chi connectivity index (χ4n) is 1.29. The van der Waals surface area contributed by atoms with Gasteiger partial charge in [-0.25, -0.2) is 4.18 Å². The summed E-state index contributed by atoms with van der Waals surface area (Å²) in [5.74, 6) is 0. The van der Waals surface area contributed by atoms with E-state index in [1.54, 1.807) is 19.1 Å². The number of hydrogen-bond acceptors (Lipinski definition) is 3. The summed E-state index contributed by atoms with van der Waals surface area (Å²) in [5, 5.41) is 0. The van der Waals surface area contributed by atoms with Crippen molar-refractivity contribution in [1.29, 1.82) is 0 Å². The molecule has 0 bridgehead atoms. The van der Waals surface area contributed by atoms with Crippen LogP contribution in [0.4, 0.5) is 0 Å². The zero-order valence-electron chi connectivity index (χ0n) is 8.67. The van der Waals surface area contributed by atoms with Crippen LogP contribution in [0.1, 0.15) is 30.6 Å². The Bertz CT molecular complexity index is 408. The van der Waals surface area contributed by atoms with Gasteiger partial charge in [0.05, 0.1) is 0 Å². The summed E-state index contributed by atoms with van der Waals surface area (Å²) in [6.45, 7) is 3.73. The highest BCUT2D eigenvalue weighted by molar-refractivity contribution is 7.80. The minimum Gasteiger partial charge on any atom is -0.264 e. The molecule has 0 spiro atoms. The van der Waals surface area contributed by atoms with E-state index in [4.69, 9.17) is 4.55 Å². The third kappa shape index (κ3) is 3.99. The lowest BCUT2D eigenvalue weighted by Gasteiger charge is -2.13. The van der Waals surface area contributed by atoms with Crippen LogP contribution >= 0.6 is 0 Å². The molecule has 1 rings (SSSR count). The molecule has 0 radical (unpaired) electrons. The molecule has 1 aromatic carbocycles. The van der Waals surface area contributed by atoms with Gasteiger partial charge in [-0.15, -0.1) is 0 Å². The smallest absolute Gasteiger partial charge is 0.264 e. The van der Waals surface area contributed by atoms with Gasteiger partial charge in [0.1, 0.15) is 6.10 Å². The zero-order valence-corrected chi connectivity index (χ0v) is 9.49. The summed E-state index contributed by atoms with van der Waals surface area (Å²) in [7, 11) is -4.39. The van der Waals surface area contributed by atoms with Gasteiger partial charge in [-0.2, -0.15) is 8.42 Å². The second kappa shape index (κ2) is 4.74. The minimum absolute atomic E-state index is 0.475. The Balaban J connectivity index is 2.88. The van der Waals surface area contributed by atoms with Crippen molar-refractivity contribution in [3.05, 3.63) is 35.4 Å². The predicted octanol–water partition coefficient (Wildman–Crippen LogP) is 2.27. The number of aryl methyl sites for hydroxylation is 1. The molecule has 84 valence electrons. The van der Waals surface area contributed by atoms with Crippen molar-refractivity contribution in [3.8, 4) is 0 Å². The molecule has 0 aromatic heterocycles. The van der Waals surface area contributed by atoms with Gasteiger partial charge in [0.25, 0.3) is 0 Å². The van der Waals surface area contributed by atoms with Crippen molar-refractivity contribution >= 4 is 10.4 Å². The molecule has 0 amide bonds. The Hall–Kier alpha value is -0.910. The van der Waals surface area contributed by atoms with Crippen LogP contribution in [0.15, 0.2) is 24.3 Å². The second-order valence-corrected chi connectivity index (χ2v) is 4.38.